The molecule has 0 unspecified atom stereocenters. The SMILES string of the molecule is COC1CCN(C(=O)c2ccc[nH]2)CC1. The van der Waals surface area contributed by atoms with Gasteiger partial charge in [-0.2, -0.15) is 0 Å². The third kappa shape index (κ3) is 2.21. The molecule has 0 radical (unpaired) electrons. The van der Waals surface area contributed by atoms with E-state index in [-0.39, 0.29) is 5.91 Å². The van der Waals surface area contributed by atoms with E-state index in [1.54, 1.807) is 13.3 Å². The second-order valence-corrected chi connectivity index (χ2v) is 3.81. The van der Waals surface area contributed by atoms with E-state index in [4.69, 9.17) is 4.74 Å². The van der Waals surface area contributed by atoms with Crippen molar-refractivity contribution in [1.29, 1.82) is 0 Å². The molecule has 15 heavy (non-hydrogen) atoms. The number of nitrogens with zero attached hydrogens (tertiary/aromatic N) is 1. The van der Waals surface area contributed by atoms with E-state index in [1.807, 2.05) is 17.0 Å². The van der Waals surface area contributed by atoms with Gasteiger partial charge in [-0.15, -0.1) is 0 Å². The first-order valence-electron chi connectivity index (χ1n) is 5.26. The number of piperidine rings is 1. The Kier molecular flexibility index (Phi) is 3.06. The largest absolute Gasteiger partial charge is 0.381 e. The maximum atomic E-state index is 11.9. The van der Waals surface area contributed by atoms with Crippen molar-refractivity contribution in [3.05, 3.63) is 24.0 Å². The normalized spacial score (nSPS) is 18.1. The molecule has 1 saturated heterocycles. The van der Waals surface area contributed by atoms with Crippen LogP contribution in [0.4, 0.5) is 0 Å². The fourth-order valence-corrected chi connectivity index (χ4v) is 1.93. The van der Waals surface area contributed by atoms with Crippen LogP contribution in [0.2, 0.25) is 0 Å². The quantitative estimate of drug-likeness (QED) is 0.795. The van der Waals surface area contributed by atoms with Gasteiger partial charge in [0.05, 0.1) is 6.10 Å². The van der Waals surface area contributed by atoms with Crippen LogP contribution in [-0.2, 0) is 4.74 Å². The molecule has 1 amide bonds. The molecule has 82 valence electrons. The summed E-state index contributed by atoms with van der Waals surface area (Å²) in [5.74, 6) is 0.0922. The molecule has 1 aromatic rings. The number of carbonyl (C=O) groups excluding carboxylic acids is 1. The predicted octanol–water partition coefficient (Wildman–Crippen LogP) is 1.27. The second-order valence-electron chi connectivity index (χ2n) is 3.81. The van der Waals surface area contributed by atoms with Gasteiger partial charge in [0.2, 0.25) is 0 Å². The molecule has 2 heterocycles. The fraction of sp³-hybridized carbons (Fsp3) is 0.545. The topological polar surface area (TPSA) is 45.3 Å². The smallest absolute Gasteiger partial charge is 0.270 e. The highest BCUT2D eigenvalue weighted by Gasteiger charge is 2.23. The maximum Gasteiger partial charge on any atom is 0.270 e. The number of carbonyl (C=O) groups is 1. The highest BCUT2D eigenvalue weighted by molar-refractivity contribution is 5.92. The zero-order chi connectivity index (χ0) is 10.7. The average Bonchev–Trinajstić information content (AvgIpc) is 2.82. The fourth-order valence-electron chi connectivity index (χ4n) is 1.93. The van der Waals surface area contributed by atoms with Crippen molar-refractivity contribution >= 4 is 5.91 Å². The van der Waals surface area contributed by atoms with E-state index in [0.29, 0.717) is 11.8 Å². The Labute approximate surface area is 89.2 Å². The van der Waals surface area contributed by atoms with E-state index in [1.165, 1.54) is 0 Å². The van der Waals surface area contributed by atoms with Gasteiger partial charge in [-0.05, 0) is 25.0 Å². The molecule has 1 fully saturated rings. The minimum absolute atomic E-state index is 0.0922. The minimum Gasteiger partial charge on any atom is -0.381 e. The van der Waals surface area contributed by atoms with Crippen LogP contribution < -0.4 is 0 Å². The Hall–Kier alpha value is -1.29. The lowest BCUT2D eigenvalue weighted by Gasteiger charge is -2.30. The summed E-state index contributed by atoms with van der Waals surface area (Å²) >= 11 is 0. The highest BCUT2D eigenvalue weighted by atomic mass is 16.5. The van der Waals surface area contributed by atoms with Gasteiger partial charge in [-0.3, -0.25) is 4.79 Å². The summed E-state index contributed by atoms with van der Waals surface area (Å²) in [6.45, 7) is 1.58. The third-order valence-electron chi connectivity index (χ3n) is 2.89. The number of hydrogen-bond acceptors (Lipinski definition) is 2. The van der Waals surface area contributed by atoms with Crippen LogP contribution in [0.3, 0.4) is 0 Å². The monoisotopic (exact) mass is 208 g/mol. The van der Waals surface area contributed by atoms with Crippen molar-refractivity contribution in [2.45, 2.75) is 18.9 Å². The number of likely N-dealkylation sites (tertiary alicyclic amines) is 1. The minimum atomic E-state index is 0.0922. The lowest BCUT2D eigenvalue weighted by atomic mass is 10.1. The molecular formula is C11H16N2O2. The van der Waals surface area contributed by atoms with Crippen LogP contribution in [0.25, 0.3) is 0 Å². The zero-order valence-corrected chi connectivity index (χ0v) is 8.90. The van der Waals surface area contributed by atoms with Gasteiger partial charge in [0, 0.05) is 26.4 Å². The molecule has 1 aromatic heterocycles. The number of nitrogens with one attached hydrogen (secondary N) is 1. The lowest BCUT2D eigenvalue weighted by molar-refractivity contribution is 0.0348. The Bertz CT molecular complexity index is 313. The summed E-state index contributed by atoms with van der Waals surface area (Å²) in [5, 5.41) is 0. The van der Waals surface area contributed by atoms with E-state index >= 15 is 0 Å². The number of ether oxygens (including phenoxy) is 1. The van der Waals surface area contributed by atoms with Crippen molar-refractivity contribution < 1.29 is 9.53 Å². The van der Waals surface area contributed by atoms with Crippen molar-refractivity contribution in [3.8, 4) is 0 Å². The van der Waals surface area contributed by atoms with E-state index in [2.05, 4.69) is 4.98 Å². The number of hydrogen-bond donors (Lipinski definition) is 1. The van der Waals surface area contributed by atoms with Gasteiger partial charge >= 0.3 is 0 Å². The molecule has 0 atom stereocenters. The molecule has 1 aliphatic heterocycles. The summed E-state index contributed by atoms with van der Waals surface area (Å²) in [7, 11) is 1.73. The lowest BCUT2D eigenvalue weighted by Crippen LogP contribution is -2.40. The van der Waals surface area contributed by atoms with Crippen LogP contribution in [0.15, 0.2) is 18.3 Å². The third-order valence-corrected chi connectivity index (χ3v) is 2.89. The van der Waals surface area contributed by atoms with Gasteiger partial charge in [-0.1, -0.05) is 0 Å². The molecule has 0 saturated carbocycles. The van der Waals surface area contributed by atoms with Gasteiger partial charge in [0.15, 0.2) is 0 Å². The highest BCUT2D eigenvalue weighted by Crippen LogP contribution is 2.14. The predicted molar refractivity (Wildman–Crippen MR) is 56.7 cm³/mol. The summed E-state index contributed by atoms with van der Waals surface area (Å²) in [5.41, 5.74) is 0.672. The van der Waals surface area contributed by atoms with Crippen LogP contribution in [-0.4, -0.2) is 42.1 Å². The van der Waals surface area contributed by atoms with Gasteiger partial charge in [-0.25, -0.2) is 0 Å². The first-order chi connectivity index (χ1) is 7.31. The Morgan fingerprint density at radius 1 is 1.53 bits per heavy atom. The molecular weight excluding hydrogens is 192 g/mol. The van der Waals surface area contributed by atoms with E-state index in [0.717, 1.165) is 25.9 Å². The van der Waals surface area contributed by atoms with Crippen molar-refractivity contribution in [1.82, 2.24) is 9.88 Å². The van der Waals surface area contributed by atoms with Crippen LogP contribution in [0, 0.1) is 0 Å². The number of H-pyrrole nitrogens is 1. The van der Waals surface area contributed by atoms with Crippen molar-refractivity contribution in [2.75, 3.05) is 20.2 Å². The molecule has 1 aliphatic rings. The Morgan fingerprint density at radius 2 is 2.27 bits per heavy atom. The van der Waals surface area contributed by atoms with Crippen molar-refractivity contribution in [3.63, 3.8) is 0 Å². The molecule has 2 rings (SSSR count). The maximum absolute atomic E-state index is 11.9. The van der Waals surface area contributed by atoms with Gasteiger partial charge in [0.25, 0.3) is 5.91 Å². The zero-order valence-electron chi connectivity index (χ0n) is 8.90. The summed E-state index contributed by atoms with van der Waals surface area (Å²) < 4.78 is 5.26. The molecule has 0 spiro atoms. The molecule has 4 nitrogen and oxygen atoms in total. The molecule has 0 bridgehead atoms. The number of amides is 1. The van der Waals surface area contributed by atoms with Gasteiger partial charge < -0.3 is 14.6 Å². The average molecular weight is 208 g/mol. The van der Waals surface area contributed by atoms with Gasteiger partial charge in [0.1, 0.15) is 5.69 Å². The standard InChI is InChI=1S/C11H16N2O2/c1-15-9-4-7-13(8-5-9)11(14)10-3-2-6-12-10/h2-3,6,9,12H,4-5,7-8H2,1H3. The van der Waals surface area contributed by atoms with Crippen LogP contribution in [0.5, 0.6) is 0 Å². The van der Waals surface area contributed by atoms with E-state index < -0.39 is 0 Å². The first-order valence-corrected chi connectivity index (χ1v) is 5.26. The summed E-state index contributed by atoms with van der Waals surface area (Å²) in [6.07, 6.45) is 3.96. The Morgan fingerprint density at radius 3 is 2.80 bits per heavy atom. The molecule has 4 heteroatoms. The molecule has 0 aliphatic carbocycles. The number of methoxy groups -OCH3 is 1. The van der Waals surface area contributed by atoms with Crippen molar-refractivity contribution in [2.24, 2.45) is 0 Å². The second kappa shape index (κ2) is 4.49. The summed E-state index contributed by atoms with van der Waals surface area (Å²) in [4.78, 5) is 16.7. The van der Waals surface area contributed by atoms with Crippen LogP contribution in [0.1, 0.15) is 23.3 Å². The van der Waals surface area contributed by atoms with E-state index in [9.17, 15) is 4.79 Å². The number of rotatable bonds is 2. The van der Waals surface area contributed by atoms with Crippen LogP contribution >= 0.6 is 0 Å². The number of aromatic amines is 1. The molecule has 0 aromatic carbocycles. The molecule has 1 N–H and O–H groups in total. The summed E-state index contributed by atoms with van der Waals surface area (Å²) in [6, 6.07) is 3.65. The first kappa shape index (κ1) is 10.2. The number of aromatic nitrogens is 1. The Balaban J connectivity index is 1.93.